The van der Waals surface area contributed by atoms with Crippen LogP contribution in [-0.2, 0) is 14.4 Å². The largest absolute Gasteiger partial charge is 0.484 e. The molecule has 1 rings (SSSR count). The summed E-state index contributed by atoms with van der Waals surface area (Å²) in [6.45, 7) is 1.44. The highest BCUT2D eigenvalue weighted by Gasteiger charge is 2.19. The lowest BCUT2D eigenvalue weighted by Crippen LogP contribution is -2.46. The van der Waals surface area contributed by atoms with Crippen molar-refractivity contribution in [1.29, 1.82) is 0 Å². The first kappa shape index (κ1) is 18.5. The summed E-state index contributed by atoms with van der Waals surface area (Å²) < 4.78 is 5.23. The van der Waals surface area contributed by atoms with Gasteiger partial charge in [0, 0.05) is 0 Å². The van der Waals surface area contributed by atoms with E-state index in [1.807, 2.05) is 13.0 Å². The molecule has 3 N–H and O–H groups in total. The summed E-state index contributed by atoms with van der Waals surface area (Å²) in [6.07, 6.45) is 1.91. The third-order valence-electron chi connectivity index (χ3n) is 3.04. The molecule has 0 saturated carbocycles. The van der Waals surface area contributed by atoms with E-state index in [1.165, 1.54) is 0 Å². The normalized spacial score (nSPS) is 11.3. The van der Waals surface area contributed by atoms with Gasteiger partial charge in [0.05, 0.1) is 6.54 Å². The van der Waals surface area contributed by atoms with E-state index >= 15 is 0 Å². The van der Waals surface area contributed by atoms with Gasteiger partial charge in [-0.25, -0.2) is 4.79 Å². The number of carbonyl (C=O) groups excluding carboxylic acids is 2. The Morgan fingerprint density at radius 2 is 1.87 bits per heavy atom. The topological polar surface area (TPSA) is 105 Å². The van der Waals surface area contributed by atoms with E-state index in [2.05, 4.69) is 10.6 Å². The summed E-state index contributed by atoms with van der Waals surface area (Å²) in [5.74, 6) is -1.52. The number of ether oxygens (including phenoxy) is 1. The molecule has 2 amide bonds. The first-order valence-corrected chi connectivity index (χ1v) is 7.49. The second-order valence-electron chi connectivity index (χ2n) is 4.98. The molecular formula is C16H22N2O5. The van der Waals surface area contributed by atoms with Gasteiger partial charge in [-0.1, -0.05) is 38.0 Å². The summed E-state index contributed by atoms with van der Waals surface area (Å²) >= 11 is 0. The monoisotopic (exact) mass is 322 g/mol. The summed E-state index contributed by atoms with van der Waals surface area (Å²) in [5, 5.41) is 13.8. The predicted octanol–water partition coefficient (Wildman–Crippen LogP) is 0.941. The van der Waals surface area contributed by atoms with Gasteiger partial charge in [0.1, 0.15) is 11.8 Å². The third kappa shape index (κ3) is 7.85. The Balaban J connectivity index is 2.28. The molecule has 0 heterocycles. The van der Waals surface area contributed by atoms with Crippen LogP contribution in [0.4, 0.5) is 0 Å². The highest BCUT2D eigenvalue weighted by molar-refractivity contribution is 5.88. The zero-order valence-corrected chi connectivity index (χ0v) is 13.1. The number of hydrogen-bond acceptors (Lipinski definition) is 4. The molecule has 1 unspecified atom stereocenters. The number of aliphatic carboxylic acids is 1. The van der Waals surface area contributed by atoms with Crippen LogP contribution in [0.2, 0.25) is 0 Å². The number of carboxylic acids is 1. The van der Waals surface area contributed by atoms with Crippen molar-refractivity contribution >= 4 is 17.8 Å². The molecule has 7 nitrogen and oxygen atoms in total. The Labute approximate surface area is 135 Å². The molecule has 0 aromatic heterocycles. The molecule has 0 spiro atoms. The predicted molar refractivity (Wildman–Crippen MR) is 84.0 cm³/mol. The van der Waals surface area contributed by atoms with Crippen molar-refractivity contribution in [3.05, 3.63) is 30.3 Å². The van der Waals surface area contributed by atoms with Gasteiger partial charge in [0.2, 0.25) is 5.91 Å². The average molecular weight is 322 g/mol. The van der Waals surface area contributed by atoms with Crippen molar-refractivity contribution in [3.8, 4) is 5.75 Å². The van der Waals surface area contributed by atoms with E-state index in [1.54, 1.807) is 24.3 Å². The van der Waals surface area contributed by atoms with Crippen LogP contribution in [-0.4, -0.2) is 42.1 Å². The highest BCUT2D eigenvalue weighted by Crippen LogP contribution is 2.07. The van der Waals surface area contributed by atoms with Crippen LogP contribution in [0.15, 0.2) is 30.3 Å². The molecule has 0 fully saturated rings. The van der Waals surface area contributed by atoms with Crippen LogP contribution >= 0.6 is 0 Å². The molecule has 0 aliphatic carbocycles. The number of carbonyl (C=O) groups is 3. The second-order valence-corrected chi connectivity index (χ2v) is 4.98. The minimum atomic E-state index is -1.08. The van der Waals surface area contributed by atoms with E-state index in [9.17, 15) is 14.4 Å². The molecule has 23 heavy (non-hydrogen) atoms. The van der Waals surface area contributed by atoms with E-state index in [0.29, 0.717) is 18.6 Å². The lowest BCUT2D eigenvalue weighted by atomic mass is 10.1. The minimum Gasteiger partial charge on any atom is -0.484 e. The summed E-state index contributed by atoms with van der Waals surface area (Å²) in [6, 6.07) is 7.89. The second kappa shape index (κ2) is 10.2. The Hall–Kier alpha value is -2.57. The van der Waals surface area contributed by atoms with Gasteiger partial charge in [0.15, 0.2) is 6.61 Å². The maximum absolute atomic E-state index is 11.7. The molecule has 7 heteroatoms. The van der Waals surface area contributed by atoms with Crippen LogP contribution in [0, 0.1) is 0 Å². The van der Waals surface area contributed by atoms with Crippen molar-refractivity contribution in [2.24, 2.45) is 0 Å². The molecule has 126 valence electrons. The maximum Gasteiger partial charge on any atom is 0.326 e. The SMILES string of the molecule is CCCCC(NC(=O)CNC(=O)COc1ccccc1)C(=O)O. The Bertz CT molecular complexity index is 518. The van der Waals surface area contributed by atoms with Crippen LogP contribution in [0.1, 0.15) is 26.2 Å². The van der Waals surface area contributed by atoms with E-state index in [-0.39, 0.29) is 13.2 Å². The smallest absolute Gasteiger partial charge is 0.326 e. The zero-order chi connectivity index (χ0) is 17.1. The Morgan fingerprint density at radius 3 is 2.48 bits per heavy atom. The van der Waals surface area contributed by atoms with Gasteiger partial charge in [-0.3, -0.25) is 9.59 Å². The number of amides is 2. The molecule has 0 bridgehead atoms. The fourth-order valence-electron chi connectivity index (χ4n) is 1.81. The maximum atomic E-state index is 11.7. The highest BCUT2D eigenvalue weighted by atomic mass is 16.5. The molecule has 1 aromatic carbocycles. The number of para-hydroxylation sites is 1. The number of carboxylic acid groups (broad SMARTS) is 1. The lowest BCUT2D eigenvalue weighted by Gasteiger charge is -2.14. The van der Waals surface area contributed by atoms with Gasteiger partial charge >= 0.3 is 5.97 Å². The van der Waals surface area contributed by atoms with Crippen LogP contribution < -0.4 is 15.4 Å². The van der Waals surface area contributed by atoms with Gasteiger partial charge in [-0.05, 0) is 18.6 Å². The standard InChI is InChI=1S/C16H22N2O5/c1-2-3-9-13(16(21)22)18-14(19)10-17-15(20)11-23-12-7-5-4-6-8-12/h4-8,13H,2-3,9-11H2,1H3,(H,17,20)(H,18,19)(H,21,22). The van der Waals surface area contributed by atoms with Crippen molar-refractivity contribution in [2.75, 3.05) is 13.2 Å². The fraction of sp³-hybridized carbons (Fsp3) is 0.438. The summed E-state index contributed by atoms with van der Waals surface area (Å²) in [7, 11) is 0. The van der Waals surface area contributed by atoms with Crippen molar-refractivity contribution < 1.29 is 24.2 Å². The number of benzene rings is 1. The van der Waals surface area contributed by atoms with Crippen LogP contribution in [0.3, 0.4) is 0 Å². The molecule has 0 saturated heterocycles. The average Bonchev–Trinajstić information content (AvgIpc) is 2.55. The lowest BCUT2D eigenvalue weighted by molar-refractivity contribution is -0.142. The van der Waals surface area contributed by atoms with Crippen LogP contribution in [0.25, 0.3) is 0 Å². The van der Waals surface area contributed by atoms with Crippen LogP contribution in [0.5, 0.6) is 5.75 Å². The van der Waals surface area contributed by atoms with Gasteiger partial charge in [0.25, 0.3) is 5.91 Å². The van der Waals surface area contributed by atoms with E-state index < -0.39 is 23.8 Å². The number of rotatable bonds is 10. The van der Waals surface area contributed by atoms with Gasteiger partial charge in [-0.15, -0.1) is 0 Å². The molecule has 1 aromatic rings. The van der Waals surface area contributed by atoms with Gasteiger partial charge < -0.3 is 20.5 Å². The first-order chi connectivity index (χ1) is 11.0. The molecule has 0 radical (unpaired) electrons. The zero-order valence-electron chi connectivity index (χ0n) is 13.1. The number of hydrogen-bond donors (Lipinski definition) is 3. The molecule has 0 aliphatic heterocycles. The fourth-order valence-corrected chi connectivity index (χ4v) is 1.81. The van der Waals surface area contributed by atoms with E-state index in [0.717, 1.165) is 6.42 Å². The summed E-state index contributed by atoms with van der Waals surface area (Å²) in [5.41, 5.74) is 0. The first-order valence-electron chi connectivity index (χ1n) is 7.49. The van der Waals surface area contributed by atoms with E-state index in [4.69, 9.17) is 9.84 Å². The molecule has 1 atom stereocenters. The molecule has 0 aliphatic rings. The number of nitrogens with one attached hydrogen (secondary N) is 2. The number of unbranched alkanes of at least 4 members (excludes halogenated alkanes) is 1. The van der Waals surface area contributed by atoms with Crippen molar-refractivity contribution in [2.45, 2.75) is 32.2 Å². The molecular weight excluding hydrogens is 300 g/mol. The quantitative estimate of drug-likeness (QED) is 0.595. The Morgan fingerprint density at radius 1 is 1.17 bits per heavy atom. The Kier molecular flexibility index (Phi) is 8.20. The van der Waals surface area contributed by atoms with Crippen molar-refractivity contribution in [3.63, 3.8) is 0 Å². The summed E-state index contributed by atoms with van der Waals surface area (Å²) in [4.78, 5) is 34.3. The minimum absolute atomic E-state index is 0.213. The van der Waals surface area contributed by atoms with Crippen molar-refractivity contribution in [1.82, 2.24) is 10.6 Å². The third-order valence-corrected chi connectivity index (χ3v) is 3.04. The van der Waals surface area contributed by atoms with Gasteiger partial charge in [-0.2, -0.15) is 0 Å².